The van der Waals surface area contributed by atoms with Crippen LogP contribution in [0.4, 0.5) is 5.69 Å². The van der Waals surface area contributed by atoms with Gasteiger partial charge in [0.2, 0.25) is 11.8 Å². The number of likely N-dealkylation sites (tertiary alicyclic amines) is 1. The first-order chi connectivity index (χ1) is 13.6. The Balaban J connectivity index is 1.41. The van der Waals surface area contributed by atoms with Crippen LogP contribution in [0.5, 0.6) is 0 Å². The SMILES string of the molecule is Cc1noc(-c2cccc(NC(=O)[C@@H]3CC(=O)N(Cc4ccccc4)C3)c2)n1. The molecule has 1 saturated heterocycles. The molecular formula is C21H20N4O3. The van der Waals surface area contributed by atoms with Crippen molar-refractivity contribution in [1.29, 1.82) is 0 Å². The summed E-state index contributed by atoms with van der Waals surface area (Å²) in [5.41, 5.74) is 2.42. The Morgan fingerprint density at radius 1 is 1.21 bits per heavy atom. The molecule has 2 amide bonds. The van der Waals surface area contributed by atoms with Gasteiger partial charge in [0.15, 0.2) is 5.82 Å². The molecule has 0 radical (unpaired) electrons. The van der Waals surface area contributed by atoms with Gasteiger partial charge in [0.1, 0.15) is 0 Å². The Bertz CT molecular complexity index is 1000. The zero-order chi connectivity index (χ0) is 19.5. The molecule has 3 aromatic rings. The molecule has 4 rings (SSSR count). The van der Waals surface area contributed by atoms with Gasteiger partial charge in [0.25, 0.3) is 5.89 Å². The van der Waals surface area contributed by atoms with E-state index in [4.69, 9.17) is 4.52 Å². The summed E-state index contributed by atoms with van der Waals surface area (Å²) in [5, 5.41) is 6.68. The van der Waals surface area contributed by atoms with Crippen molar-refractivity contribution in [1.82, 2.24) is 15.0 Å². The van der Waals surface area contributed by atoms with Crippen molar-refractivity contribution in [3.8, 4) is 11.5 Å². The van der Waals surface area contributed by atoms with Crippen molar-refractivity contribution in [2.45, 2.75) is 19.9 Å². The van der Waals surface area contributed by atoms with E-state index < -0.39 is 0 Å². The van der Waals surface area contributed by atoms with E-state index in [0.29, 0.717) is 30.5 Å². The van der Waals surface area contributed by atoms with Crippen LogP contribution in [-0.4, -0.2) is 33.4 Å². The van der Waals surface area contributed by atoms with Gasteiger partial charge < -0.3 is 14.7 Å². The van der Waals surface area contributed by atoms with E-state index >= 15 is 0 Å². The summed E-state index contributed by atoms with van der Waals surface area (Å²) < 4.78 is 5.17. The Morgan fingerprint density at radius 3 is 2.79 bits per heavy atom. The van der Waals surface area contributed by atoms with Crippen LogP contribution >= 0.6 is 0 Å². The summed E-state index contributed by atoms with van der Waals surface area (Å²) in [7, 11) is 0. The lowest BCUT2D eigenvalue weighted by Crippen LogP contribution is -2.28. The molecule has 7 nitrogen and oxygen atoms in total. The normalized spacial score (nSPS) is 16.4. The van der Waals surface area contributed by atoms with Crippen molar-refractivity contribution in [2.75, 3.05) is 11.9 Å². The number of aromatic nitrogens is 2. The van der Waals surface area contributed by atoms with E-state index in [9.17, 15) is 9.59 Å². The lowest BCUT2D eigenvalue weighted by Gasteiger charge is -2.16. The maximum absolute atomic E-state index is 12.7. The molecule has 1 N–H and O–H groups in total. The van der Waals surface area contributed by atoms with E-state index in [2.05, 4.69) is 15.5 Å². The van der Waals surface area contributed by atoms with Crippen molar-refractivity contribution in [3.63, 3.8) is 0 Å². The maximum atomic E-state index is 12.7. The molecule has 1 atom stereocenters. The summed E-state index contributed by atoms with van der Waals surface area (Å²) >= 11 is 0. The minimum atomic E-state index is -0.370. The fourth-order valence-electron chi connectivity index (χ4n) is 3.29. The minimum absolute atomic E-state index is 0.000844. The molecule has 1 aromatic heterocycles. The molecule has 0 spiro atoms. The molecule has 28 heavy (non-hydrogen) atoms. The number of benzene rings is 2. The first kappa shape index (κ1) is 17.9. The zero-order valence-electron chi connectivity index (χ0n) is 15.5. The zero-order valence-corrected chi connectivity index (χ0v) is 15.5. The van der Waals surface area contributed by atoms with Gasteiger partial charge in [-0.25, -0.2) is 0 Å². The van der Waals surface area contributed by atoms with Gasteiger partial charge in [0, 0.05) is 30.8 Å². The van der Waals surface area contributed by atoms with Gasteiger partial charge >= 0.3 is 0 Å². The highest BCUT2D eigenvalue weighted by atomic mass is 16.5. The molecule has 0 bridgehead atoms. The number of nitrogens with zero attached hydrogens (tertiary/aromatic N) is 3. The number of amides is 2. The van der Waals surface area contributed by atoms with Crippen molar-refractivity contribution < 1.29 is 14.1 Å². The Morgan fingerprint density at radius 2 is 2.04 bits per heavy atom. The monoisotopic (exact) mass is 376 g/mol. The van der Waals surface area contributed by atoms with E-state index in [-0.39, 0.29) is 24.2 Å². The van der Waals surface area contributed by atoms with Crippen LogP contribution < -0.4 is 5.32 Å². The number of rotatable bonds is 5. The highest BCUT2D eigenvalue weighted by Crippen LogP contribution is 2.24. The summed E-state index contributed by atoms with van der Waals surface area (Å²) in [6, 6.07) is 17.0. The van der Waals surface area contributed by atoms with Gasteiger partial charge in [-0.2, -0.15) is 4.98 Å². The quantitative estimate of drug-likeness (QED) is 0.739. The number of hydrogen-bond donors (Lipinski definition) is 1. The highest BCUT2D eigenvalue weighted by molar-refractivity contribution is 5.97. The number of nitrogens with one attached hydrogen (secondary N) is 1. The van der Waals surface area contributed by atoms with E-state index in [1.165, 1.54) is 0 Å². The largest absolute Gasteiger partial charge is 0.338 e. The van der Waals surface area contributed by atoms with Crippen molar-refractivity contribution >= 4 is 17.5 Å². The molecular weight excluding hydrogens is 356 g/mol. The van der Waals surface area contributed by atoms with Gasteiger partial charge in [0.05, 0.1) is 5.92 Å². The molecule has 0 saturated carbocycles. The Labute approximate surface area is 162 Å². The third-order valence-electron chi connectivity index (χ3n) is 4.71. The topological polar surface area (TPSA) is 88.3 Å². The number of carbonyl (C=O) groups excluding carboxylic acids is 2. The fraction of sp³-hybridized carbons (Fsp3) is 0.238. The summed E-state index contributed by atoms with van der Waals surface area (Å²) in [6.07, 6.45) is 0.223. The molecule has 1 fully saturated rings. The summed E-state index contributed by atoms with van der Waals surface area (Å²) in [4.78, 5) is 30.9. The van der Waals surface area contributed by atoms with E-state index in [0.717, 1.165) is 11.1 Å². The average Bonchev–Trinajstić information content (AvgIpc) is 3.29. The minimum Gasteiger partial charge on any atom is -0.338 e. The molecule has 2 aromatic carbocycles. The van der Waals surface area contributed by atoms with Crippen LogP contribution in [0.15, 0.2) is 59.1 Å². The first-order valence-electron chi connectivity index (χ1n) is 9.12. The second kappa shape index (κ2) is 7.64. The van der Waals surface area contributed by atoms with Gasteiger partial charge in [-0.05, 0) is 30.7 Å². The molecule has 0 aliphatic carbocycles. The predicted octanol–water partition coefficient (Wildman–Crippen LogP) is 3.03. The fourth-order valence-corrected chi connectivity index (χ4v) is 3.29. The third kappa shape index (κ3) is 3.93. The number of hydrogen-bond acceptors (Lipinski definition) is 5. The lowest BCUT2D eigenvalue weighted by molar-refractivity contribution is -0.128. The number of aryl methyl sites for hydroxylation is 1. The molecule has 1 aliphatic heterocycles. The van der Waals surface area contributed by atoms with E-state index in [1.54, 1.807) is 24.0 Å². The number of anilines is 1. The average molecular weight is 376 g/mol. The van der Waals surface area contributed by atoms with Gasteiger partial charge in [-0.15, -0.1) is 0 Å². The second-order valence-electron chi connectivity index (χ2n) is 6.88. The molecule has 142 valence electrons. The van der Waals surface area contributed by atoms with Crippen LogP contribution in [0, 0.1) is 12.8 Å². The third-order valence-corrected chi connectivity index (χ3v) is 4.71. The lowest BCUT2D eigenvalue weighted by atomic mass is 10.1. The summed E-state index contributed by atoms with van der Waals surface area (Å²) in [5.74, 6) is 0.415. The first-order valence-corrected chi connectivity index (χ1v) is 9.12. The van der Waals surface area contributed by atoms with Crippen LogP contribution in [0.2, 0.25) is 0 Å². The standard InChI is InChI=1S/C21H20N4O3/c1-14-22-21(28-24-14)16-8-5-9-18(10-16)23-20(27)17-11-19(26)25(13-17)12-15-6-3-2-4-7-15/h2-10,17H,11-13H2,1H3,(H,23,27)/t17-/m1/s1. The van der Waals surface area contributed by atoms with Crippen LogP contribution in [-0.2, 0) is 16.1 Å². The van der Waals surface area contributed by atoms with Crippen LogP contribution in [0.3, 0.4) is 0 Å². The predicted molar refractivity (Wildman–Crippen MR) is 103 cm³/mol. The van der Waals surface area contributed by atoms with Crippen molar-refractivity contribution in [3.05, 3.63) is 66.0 Å². The maximum Gasteiger partial charge on any atom is 0.257 e. The molecule has 7 heteroatoms. The molecule has 0 unspecified atom stereocenters. The van der Waals surface area contributed by atoms with Crippen LogP contribution in [0.25, 0.3) is 11.5 Å². The Hall–Kier alpha value is -3.48. The Kier molecular flexibility index (Phi) is 4.89. The van der Waals surface area contributed by atoms with Gasteiger partial charge in [-0.1, -0.05) is 41.6 Å². The van der Waals surface area contributed by atoms with Crippen LogP contribution in [0.1, 0.15) is 17.8 Å². The smallest absolute Gasteiger partial charge is 0.257 e. The summed E-state index contributed by atoms with van der Waals surface area (Å²) in [6.45, 7) is 2.69. The molecule has 1 aliphatic rings. The highest BCUT2D eigenvalue weighted by Gasteiger charge is 2.34. The second-order valence-corrected chi connectivity index (χ2v) is 6.88. The van der Waals surface area contributed by atoms with E-state index in [1.807, 2.05) is 42.5 Å². The number of carbonyl (C=O) groups is 2. The van der Waals surface area contributed by atoms with Crippen molar-refractivity contribution in [2.24, 2.45) is 5.92 Å². The van der Waals surface area contributed by atoms with Gasteiger partial charge in [-0.3, -0.25) is 9.59 Å². The molecule has 2 heterocycles.